The third-order valence-electron chi connectivity index (χ3n) is 3.85. The van der Waals surface area contributed by atoms with Crippen LogP contribution in [0, 0.1) is 5.92 Å². The number of piperidine rings is 1. The predicted octanol–water partition coefficient (Wildman–Crippen LogP) is 1.59. The lowest BCUT2D eigenvalue weighted by Crippen LogP contribution is -2.40. The van der Waals surface area contributed by atoms with Gasteiger partial charge in [-0.15, -0.1) is 0 Å². The minimum atomic E-state index is -0.679. The zero-order valence-corrected chi connectivity index (χ0v) is 13.1. The average Bonchev–Trinajstić information content (AvgIpc) is 2.53. The highest BCUT2D eigenvalue weighted by molar-refractivity contribution is 5.93. The quantitative estimate of drug-likeness (QED) is 0.823. The number of hydrogen-bond acceptors (Lipinski definition) is 4. The molecule has 1 aliphatic rings. The molecule has 3 N–H and O–H groups in total. The van der Waals surface area contributed by atoms with E-state index in [-0.39, 0.29) is 12.5 Å². The Balaban J connectivity index is 1.82. The van der Waals surface area contributed by atoms with Crippen LogP contribution in [0.15, 0.2) is 24.3 Å². The zero-order valence-electron chi connectivity index (χ0n) is 13.1. The fourth-order valence-electron chi connectivity index (χ4n) is 2.39. The van der Waals surface area contributed by atoms with E-state index >= 15 is 0 Å². The van der Waals surface area contributed by atoms with E-state index in [2.05, 4.69) is 12.2 Å². The van der Waals surface area contributed by atoms with E-state index in [0.717, 1.165) is 12.8 Å². The van der Waals surface area contributed by atoms with Crippen molar-refractivity contribution in [3.63, 3.8) is 0 Å². The standard InChI is InChI=1S/C16H21N3O4/c1-11-6-8-19(9-7-11)14(20)10-23-15(21)12-2-4-13(5-3-12)18-16(17)22/h2-5,11H,6-10H2,1H3,(H3,17,18,22). The van der Waals surface area contributed by atoms with Crippen LogP contribution in [0.5, 0.6) is 0 Å². The Morgan fingerprint density at radius 3 is 2.39 bits per heavy atom. The van der Waals surface area contributed by atoms with Gasteiger partial charge in [-0.25, -0.2) is 9.59 Å². The van der Waals surface area contributed by atoms with Crippen LogP contribution >= 0.6 is 0 Å². The summed E-state index contributed by atoms with van der Waals surface area (Å²) in [5, 5.41) is 2.39. The smallest absolute Gasteiger partial charge is 0.338 e. The molecule has 0 spiro atoms. The van der Waals surface area contributed by atoms with Crippen LogP contribution in [0.2, 0.25) is 0 Å². The lowest BCUT2D eigenvalue weighted by atomic mass is 9.99. The van der Waals surface area contributed by atoms with Gasteiger partial charge in [0.05, 0.1) is 5.56 Å². The number of esters is 1. The molecular weight excluding hydrogens is 298 g/mol. The maximum Gasteiger partial charge on any atom is 0.338 e. The highest BCUT2D eigenvalue weighted by atomic mass is 16.5. The lowest BCUT2D eigenvalue weighted by molar-refractivity contribution is -0.135. The Hall–Kier alpha value is -2.57. The van der Waals surface area contributed by atoms with Crippen molar-refractivity contribution in [2.75, 3.05) is 25.0 Å². The third kappa shape index (κ3) is 4.98. The molecule has 1 aromatic carbocycles. The van der Waals surface area contributed by atoms with Gasteiger partial charge in [0.1, 0.15) is 0 Å². The highest BCUT2D eigenvalue weighted by Gasteiger charge is 2.21. The number of hydrogen-bond donors (Lipinski definition) is 2. The predicted molar refractivity (Wildman–Crippen MR) is 84.9 cm³/mol. The van der Waals surface area contributed by atoms with Crippen molar-refractivity contribution in [3.8, 4) is 0 Å². The minimum absolute atomic E-state index is 0.169. The van der Waals surface area contributed by atoms with Crippen LogP contribution in [-0.2, 0) is 9.53 Å². The number of urea groups is 1. The van der Waals surface area contributed by atoms with Crippen molar-refractivity contribution in [2.24, 2.45) is 11.7 Å². The maximum absolute atomic E-state index is 12.0. The number of nitrogens with one attached hydrogen (secondary N) is 1. The first-order chi connectivity index (χ1) is 11.0. The van der Waals surface area contributed by atoms with Gasteiger partial charge in [-0.05, 0) is 43.0 Å². The SMILES string of the molecule is CC1CCN(C(=O)COC(=O)c2ccc(NC(N)=O)cc2)CC1. The summed E-state index contributed by atoms with van der Waals surface area (Å²) in [4.78, 5) is 36.4. The molecule has 0 aliphatic carbocycles. The molecule has 0 atom stereocenters. The number of nitrogens with two attached hydrogens (primary N) is 1. The molecule has 0 bridgehead atoms. The molecule has 1 aromatic rings. The van der Waals surface area contributed by atoms with Crippen molar-refractivity contribution in [3.05, 3.63) is 29.8 Å². The second-order valence-electron chi connectivity index (χ2n) is 5.71. The van der Waals surface area contributed by atoms with Gasteiger partial charge in [-0.3, -0.25) is 4.79 Å². The Morgan fingerprint density at radius 1 is 1.22 bits per heavy atom. The molecule has 2 rings (SSSR count). The van der Waals surface area contributed by atoms with Crippen molar-refractivity contribution < 1.29 is 19.1 Å². The summed E-state index contributed by atoms with van der Waals surface area (Å²) < 4.78 is 5.05. The average molecular weight is 319 g/mol. The molecule has 1 saturated heterocycles. The molecule has 0 saturated carbocycles. The van der Waals surface area contributed by atoms with Gasteiger partial charge in [0.15, 0.2) is 6.61 Å². The molecule has 1 aliphatic heterocycles. The molecule has 0 unspecified atom stereocenters. The Bertz CT molecular complexity index is 577. The molecule has 0 aromatic heterocycles. The number of rotatable bonds is 4. The molecule has 7 nitrogen and oxygen atoms in total. The van der Waals surface area contributed by atoms with Crippen molar-refractivity contribution in [2.45, 2.75) is 19.8 Å². The lowest BCUT2D eigenvalue weighted by Gasteiger charge is -2.30. The van der Waals surface area contributed by atoms with Crippen LogP contribution in [0.4, 0.5) is 10.5 Å². The molecule has 7 heteroatoms. The molecule has 3 amide bonds. The van der Waals surface area contributed by atoms with E-state index in [1.54, 1.807) is 4.90 Å². The topological polar surface area (TPSA) is 102 Å². The van der Waals surface area contributed by atoms with Crippen LogP contribution in [-0.4, -0.2) is 42.5 Å². The van der Waals surface area contributed by atoms with Crippen LogP contribution in [0.25, 0.3) is 0 Å². The van der Waals surface area contributed by atoms with Crippen LogP contribution in [0.1, 0.15) is 30.1 Å². The minimum Gasteiger partial charge on any atom is -0.452 e. The fraction of sp³-hybridized carbons (Fsp3) is 0.438. The number of amides is 3. The largest absolute Gasteiger partial charge is 0.452 e. The van der Waals surface area contributed by atoms with Crippen molar-refractivity contribution >= 4 is 23.6 Å². The second-order valence-corrected chi connectivity index (χ2v) is 5.71. The normalized spacial score (nSPS) is 15.1. The summed E-state index contributed by atoms with van der Waals surface area (Å²) in [6.07, 6.45) is 1.96. The van der Waals surface area contributed by atoms with E-state index in [9.17, 15) is 14.4 Å². The van der Waals surface area contributed by atoms with Gasteiger partial charge in [-0.1, -0.05) is 6.92 Å². The summed E-state index contributed by atoms with van der Waals surface area (Å²) in [5.41, 5.74) is 5.78. The van der Waals surface area contributed by atoms with E-state index in [4.69, 9.17) is 10.5 Å². The van der Waals surface area contributed by atoms with Crippen molar-refractivity contribution in [1.29, 1.82) is 0 Å². The maximum atomic E-state index is 12.0. The molecule has 1 heterocycles. The van der Waals surface area contributed by atoms with Gasteiger partial charge in [0.25, 0.3) is 5.91 Å². The number of anilines is 1. The number of ether oxygens (including phenoxy) is 1. The number of carbonyl (C=O) groups is 3. The number of likely N-dealkylation sites (tertiary alicyclic amines) is 1. The zero-order chi connectivity index (χ0) is 16.8. The van der Waals surface area contributed by atoms with Gasteiger partial charge < -0.3 is 20.7 Å². The van der Waals surface area contributed by atoms with Gasteiger partial charge >= 0.3 is 12.0 Å². The molecule has 0 radical (unpaired) electrons. The Kier molecular flexibility index (Phi) is 5.56. The third-order valence-corrected chi connectivity index (χ3v) is 3.85. The van der Waals surface area contributed by atoms with Crippen LogP contribution in [0.3, 0.4) is 0 Å². The first-order valence-electron chi connectivity index (χ1n) is 7.57. The Labute approximate surface area is 134 Å². The molecule has 23 heavy (non-hydrogen) atoms. The van der Waals surface area contributed by atoms with E-state index in [1.807, 2.05) is 0 Å². The van der Waals surface area contributed by atoms with E-state index in [1.165, 1.54) is 24.3 Å². The number of primary amides is 1. The molecular formula is C16H21N3O4. The Morgan fingerprint density at radius 2 is 1.83 bits per heavy atom. The van der Waals surface area contributed by atoms with Gasteiger partial charge in [0, 0.05) is 18.8 Å². The molecule has 1 fully saturated rings. The first-order valence-corrected chi connectivity index (χ1v) is 7.57. The monoisotopic (exact) mass is 319 g/mol. The van der Waals surface area contributed by atoms with Gasteiger partial charge in [-0.2, -0.15) is 0 Å². The summed E-state index contributed by atoms with van der Waals surface area (Å²) in [7, 11) is 0. The summed E-state index contributed by atoms with van der Waals surface area (Å²) >= 11 is 0. The fourth-order valence-corrected chi connectivity index (χ4v) is 2.39. The number of benzene rings is 1. The summed E-state index contributed by atoms with van der Waals surface area (Å²) in [6, 6.07) is 5.40. The number of nitrogens with zero attached hydrogens (tertiary/aromatic N) is 1. The number of carbonyl (C=O) groups excluding carboxylic acids is 3. The summed E-state index contributed by atoms with van der Waals surface area (Å²) in [5.74, 6) is -0.110. The highest BCUT2D eigenvalue weighted by Crippen LogP contribution is 2.16. The second kappa shape index (κ2) is 7.62. The molecule has 124 valence electrons. The van der Waals surface area contributed by atoms with E-state index in [0.29, 0.717) is 30.3 Å². The summed E-state index contributed by atoms with van der Waals surface area (Å²) in [6.45, 7) is 3.34. The van der Waals surface area contributed by atoms with E-state index < -0.39 is 12.0 Å². The van der Waals surface area contributed by atoms with Crippen molar-refractivity contribution in [1.82, 2.24) is 4.90 Å². The van der Waals surface area contributed by atoms with Gasteiger partial charge in [0.2, 0.25) is 0 Å². The first kappa shape index (κ1) is 16.8. The van der Waals surface area contributed by atoms with Crippen LogP contribution < -0.4 is 11.1 Å².